The van der Waals surface area contributed by atoms with Gasteiger partial charge in [0.25, 0.3) is 0 Å². The summed E-state index contributed by atoms with van der Waals surface area (Å²) in [5, 5.41) is 59.9. The number of phenols is 2. The predicted octanol–water partition coefficient (Wildman–Crippen LogP) is 0.0671. The zero-order valence-corrected chi connectivity index (χ0v) is 18.6. The zero-order chi connectivity index (χ0) is 25.4. The van der Waals surface area contributed by atoms with Gasteiger partial charge in [-0.2, -0.15) is 0 Å². The summed E-state index contributed by atoms with van der Waals surface area (Å²) in [6.07, 6.45) is -8.15. The van der Waals surface area contributed by atoms with E-state index in [1.807, 2.05) is 0 Å². The van der Waals surface area contributed by atoms with Gasteiger partial charge in [0.15, 0.2) is 17.3 Å². The number of phenolic OH excluding ortho intramolecular Hbond substituents is 2. The van der Waals surface area contributed by atoms with Crippen molar-refractivity contribution in [3.05, 3.63) is 40.6 Å². The second kappa shape index (κ2) is 9.60. The normalized spacial score (nSPS) is 24.3. The van der Waals surface area contributed by atoms with Crippen molar-refractivity contribution in [3.8, 4) is 40.1 Å². The van der Waals surface area contributed by atoms with Crippen molar-refractivity contribution in [2.24, 2.45) is 0 Å². The first-order chi connectivity index (χ1) is 16.7. The molecule has 0 aliphatic carbocycles. The van der Waals surface area contributed by atoms with E-state index in [2.05, 4.69) is 0 Å². The molecule has 5 atom stereocenters. The molecule has 1 unspecified atom stereocenters. The lowest BCUT2D eigenvalue weighted by Gasteiger charge is -2.39. The topological polar surface area (TPSA) is 189 Å². The molecule has 1 aromatic heterocycles. The maximum Gasteiger partial charge on any atom is 0.239 e. The van der Waals surface area contributed by atoms with Gasteiger partial charge in [-0.1, -0.05) is 0 Å². The number of fused-ring (bicyclic) bond motifs is 1. The minimum atomic E-state index is -1.80. The third-order valence-electron chi connectivity index (χ3n) is 5.65. The lowest BCUT2D eigenvalue weighted by molar-refractivity contribution is -0.277. The summed E-state index contributed by atoms with van der Waals surface area (Å²) in [5.41, 5.74) is -0.627. The first-order valence-corrected chi connectivity index (χ1v) is 10.4. The van der Waals surface area contributed by atoms with Crippen LogP contribution in [-0.2, 0) is 4.74 Å². The maximum atomic E-state index is 13.6. The highest BCUT2D eigenvalue weighted by Gasteiger charge is 2.45. The smallest absolute Gasteiger partial charge is 0.239 e. The summed E-state index contributed by atoms with van der Waals surface area (Å²) < 4.78 is 27.3. The molecule has 12 nitrogen and oxygen atoms in total. The van der Waals surface area contributed by atoms with Crippen LogP contribution in [0.3, 0.4) is 0 Å². The van der Waals surface area contributed by atoms with Gasteiger partial charge in [0.05, 0.1) is 20.8 Å². The summed E-state index contributed by atoms with van der Waals surface area (Å²) >= 11 is 0. The predicted molar refractivity (Wildman–Crippen MR) is 119 cm³/mol. The summed E-state index contributed by atoms with van der Waals surface area (Å²) in [6.45, 7) is -0.702. The van der Waals surface area contributed by atoms with E-state index in [4.69, 9.17) is 23.4 Å². The molecule has 0 saturated carbocycles. The summed E-state index contributed by atoms with van der Waals surface area (Å²) in [5.74, 6) is -1.06. The van der Waals surface area contributed by atoms with Gasteiger partial charge in [0.1, 0.15) is 46.9 Å². The van der Waals surface area contributed by atoms with Crippen LogP contribution in [0.5, 0.6) is 28.7 Å². The van der Waals surface area contributed by atoms with Crippen LogP contribution in [0.2, 0.25) is 0 Å². The monoisotopic (exact) mass is 492 g/mol. The van der Waals surface area contributed by atoms with E-state index < -0.39 is 48.5 Å². The van der Waals surface area contributed by atoms with Crippen LogP contribution < -0.4 is 19.6 Å². The number of aromatic hydroxyl groups is 2. The highest BCUT2D eigenvalue weighted by molar-refractivity contribution is 5.88. The molecular weight excluding hydrogens is 468 g/mol. The first-order valence-electron chi connectivity index (χ1n) is 10.4. The molecule has 0 bridgehead atoms. The van der Waals surface area contributed by atoms with Crippen LogP contribution in [-0.4, -0.2) is 82.2 Å². The molecule has 2 heterocycles. The van der Waals surface area contributed by atoms with Crippen molar-refractivity contribution in [1.29, 1.82) is 0 Å². The molecule has 1 aliphatic heterocycles. The average molecular weight is 492 g/mol. The molecule has 6 N–H and O–H groups in total. The molecule has 0 spiro atoms. The van der Waals surface area contributed by atoms with Crippen LogP contribution in [0.25, 0.3) is 22.3 Å². The van der Waals surface area contributed by atoms with E-state index >= 15 is 0 Å². The lowest BCUT2D eigenvalue weighted by atomic mass is 9.99. The lowest BCUT2D eigenvalue weighted by Crippen LogP contribution is -2.60. The van der Waals surface area contributed by atoms with Gasteiger partial charge < -0.3 is 54.0 Å². The maximum absolute atomic E-state index is 13.6. The van der Waals surface area contributed by atoms with E-state index in [0.717, 1.165) is 0 Å². The van der Waals surface area contributed by atoms with E-state index in [1.165, 1.54) is 44.6 Å². The van der Waals surface area contributed by atoms with Crippen molar-refractivity contribution in [2.45, 2.75) is 30.7 Å². The number of ether oxygens (including phenoxy) is 4. The molecule has 188 valence electrons. The van der Waals surface area contributed by atoms with Gasteiger partial charge in [-0.3, -0.25) is 4.79 Å². The fourth-order valence-corrected chi connectivity index (χ4v) is 3.81. The molecule has 1 fully saturated rings. The zero-order valence-electron chi connectivity index (χ0n) is 18.6. The van der Waals surface area contributed by atoms with Gasteiger partial charge in [-0.25, -0.2) is 0 Å². The third-order valence-corrected chi connectivity index (χ3v) is 5.65. The van der Waals surface area contributed by atoms with Crippen LogP contribution in [0.15, 0.2) is 39.5 Å². The largest absolute Gasteiger partial charge is 0.508 e. The highest BCUT2D eigenvalue weighted by atomic mass is 16.7. The Bertz CT molecular complexity index is 1280. The Morgan fingerprint density at radius 2 is 1.66 bits per heavy atom. The second-order valence-corrected chi connectivity index (χ2v) is 7.81. The Kier molecular flexibility index (Phi) is 6.74. The second-order valence-electron chi connectivity index (χ2n) is 7.81. The van der Waals surface area contributed by atoms with Crippen LogP contribution >= 0.6 is 0 Å². The van der Waals surface area contributed by atoms with Crippen molar-refractivity contribution < 1.29 is 54.0 Å². The number of benzene rings is 2. The molecule has 2 aromatic carbocycles. The number of hydrogen-bond acceptors (Lipinski definition) is 12. The Morgan fingerprint density at radius 1 is 0.943 bits per heavy atom. The number of rotatable bonds is 6. The van der Waals surface area contributed by atoms with Gasteiger partial charge in [-0.15, -0.1) is 0 Å². The van der Waals surface area contributed by atoms with Crippen molar-refractivity contribution in [1.82, 2.24) is 0 Å². The minimum absolute atomic E-state index is 0.0257. The highest BCUT2D eigenvalue weighted by Crippen LogP contribution is 2.39. The van der Waals surface area contributed by atoms with Crippen molar-refractivity contribution in [2.75, 3.05) is 20.8 Å². The standard InChI is InChI=1S/C23H24O12/c1-31-12-5-9(3-4-11(12)26)21-22(35-23-20(30)19(29)17(27)15(8-24)34-23)18(28)16-13(32-2)6-10(25)7-14(16)33-21/h3-7,15,17,19-20,23-27,29-30H,8H2,1-2H3/t15-,17+,19-,20-,23?/m0/s1. The van der Waals surface area contributed by atoms with E-state index in [1.54, 1.807) is 0 Å². The van der Waals surface area contributed by atoms with Gasteiger partial charge >= 0.3 is 0 Å². The molecule has 4 rings (SSSR count). The summed E-state index contributed by atoms with van der Waals surface area (Å²) in [4.78, 5) is 13.6. The fourth-order valence-electron chi connectivity index (χ4n) is 3.81. The molecule has 0 radical (unpaired) electrons. The Morgan fingerprint density at radius 3 is 2.31 bits per heavy atom. The Labute approximate surface area is 197 Å². The van der Waals surface area contributed by atoms with Crippen LogP contribution in [0.4, 0.5) is 0 Å². The van der Waals surface area contributed by atoms with Gasteiger partial charge in [0.2, 0.25) is 17.5 Å². The van der Waals surface area contributed by atoms with Gasteiger partial charge in [-0.05, 0) is 18.2 Å². The number of aliphatic hydroxyl groups is 4. The number of aliphatic hydroxyl groups excluding tert-OH is 4. The van der Waals surface area contributed by atoms with Gasteiger partial charge in [0, 0.05) is 17.7 Å². The van der Waals surface area contributed by atoms with E-state index in [9.17, 15) is 35.4 Å². The third kappa shape index (κ3) is 4.33. The molecule has 35 heavy (non-hydrogen) atoms. The molecule has 0 amide bonds. The SMILES string of the molecule is COc1cc(-c2oc3cc(O)cc(OC)c3c(=O)c2OC2O[C@@H](CO)[C@@H](O)[C@H](O)[C@@H]2O)ccc1O. The molecule has 1 saturated heterocycles. The molecule has 1 aliphatic rings. The number of methoxy groups -OCH3 is 2. The number of hydrogen-bond donors (Lipinski definition) is 6. The van der Waals surface area contributed by atoms with Crippen LogP contribution in [0.1, 0.15) is 0 Å². The Balaban J connectivity index is 1.94. The summed E-state index contributed by atoms with van der Waals surface area (Å²) in [6, 6.07) is 6.44. The molecule has 12 heteroatoms. The quantitative estimate of drug-likeness (QED) is 0.272. The minimum Gasteiger partial charge on any atom is -0.508 e. The average Bonchev–Trinajstić information content (AvgIpc) is 2.85. The summed E-state index contributed by atoms with van der Waals surface area (Å²) in [7, 11) is 2.61. The van der Waals surface area contributed by atoms with E-state index in [0.29, 0.717) is 0 Å². The Hall–Kier alpha value is -3.55. The first kappa shape index (κ1) is 24.6. The van der Waals surface area contributed by atoms with E-state index in [-0.39, 0.29) is 45.3 Å². The van der Waals surface area contributed by atoms with Crippen LogP contribution in [0, 0.1) is 0 Å². The molecule has 3 aromatic rings. The van der Waals surface area contributed by atoms with Crippen molar-refractivity contribution >= 4 is 11.0 Å². The van der Waals surface area contributed by atoms with Crippen molar-refractivity contribution in [3.63, 3.8) is 0 Å². The fraction of sp³-hybridized carbons (Fsp3) is 0.348. The molecular formula is C23H24O12.